The van der Waals surface area contributed by atoms with Crippen LogP contribution in [0.3, 0.4) is 0 Å². The number of carbonyl (C=O) groups excluding carboxylic acids is 3. The topological polar surface area (TPSA) is 92.5 Å². The third-order valence-corrected chi connectivity index (χ3v) is 4.33. The molecule has 3 N–H and O–H groups in total. The molecule has 0 fully saturated rings. The van der Waals surface area contributed by atoms with Crippen LogP contribution in [0.4, 0.5) is 0 Å². The molecule has 1 aromatic carbocycles. The Balaban J connectivity index is 0.00000264. The predicted molar refractivity (Wildman–Crippen MR) is 89.6 cm³/mol. The van der Waals surface area contributed by atoms with Gasteiger partial charge in [0.15, 0.2) is 0 Å². The number of imide groups is 1. The fraction of sp³-hybridized carbons (Fsp3) is 0.438. The molecule has 23 heavy (non-hydrogen) atoms. The van der Waals surface area contributed by atoms with Crippen LogP contribution in [-0.4, -0.2) is 41.2 Å². The zero-order valence-corrected chi connectivity index (χ0v) is 14.1. The first-order chi connectivity index (χ1) is 10.5. The fourth-order valence-electron chi connectivity index (χ4n) is 2.63. The molecule has 0 unspecified atom stereocenters. The van der Waals surface area contributed by atoms with Gasteiger partial charge in [0.25, 0.3) is 11.8 Å². The molecule has 0 radical (unpaired) electrons. The quantitative estimate of drug-likeness (QED) is 0.765. The van der Waals surface area contributed by atoms with Crippen molar-refractivity contribution in [2.45, 2.75) is 32.2 Å². The summed E-state index contributed by atoms with van der Waals surface area (Å²) in [5.74, 6) is -1.23. The first-order valence-corrected chi connectivity index (χ1v) is 7.44. The normalized spacial score (nSPS) is 13.6. The van der Waals surface area contributed by atoms with Crippen molar-refractivity contribution in [1.29, 1.82) is 0 Å². The highest BCUT2D eigenvalue weighted by molar-refractivity contribution is 6.22. The van der Waals surface area contributed by atoms with Crippen LogP contribution in [-0.2, 0) is 4.79 Å². The van der Waals surface area contributed by atoms with Crippen molar-refractivity contribution >= 4 is 30.1 Å². The van der Waals surface area contributed by atoms with Gasteiger partial charge in [-0.25, -0.2) is 0 Å². The van der Waals surface area contributed by atoms with Crippen LogP contribution in [0.1, 0.15) is 47.4 Å². The number of nitrogens with zero attached hydrogens (tertiary/aromatic N) is 1. The number of hydrogen-bond donors (Lipinski definition) is 2. The van der Waals surface area contributed by atoms with Crippen molar-refractivity contribution in [2.75, 3.05) is 13.1 Å². The molecule has 1 heterocycles. The third-order valence-electron chi connectivity index (χ3n) is 4.33. The summed E-state index contributed by atoms with van der Waals surface area (Å²) >= 11 is 0. The van der Waals surface area contributed by atoms with E-state index in [1.54, 1.807) is 24.3 Å². The lowest BCUT2D eigenvalue weighted by Gasteiger charge is -2.32. The molecule has 0 saturated carbocycles. The molecule has 2 rings (SSSR count). The number of fused-ring (bicyclic) bond motifs is 1. The van der Waals surface area contributed by atoms with E-state index in [-0.39, 0.29) is 24.9 Å². The van der Waals surface area contributed by atoms with Crippen molar-refractivity contribution < 1.29 is 14.4 Å². The molecule has 0 bridgehead atoms. The number of carbonyl (C=O) groups is 3. The lowest BCUT2D eigenvalue weighted by Crippen LogP contribution is -2.55. The van der Waals surface area contributed by atoms with E-state index in [2.05, 4.69) is 5.32 Å². The molecule has 0 aromatic heterocycles. The Bertz CT molecular complexity index is 571. The van der Waals surface area contributed by atoms with E-state index < -0.39 is 17.4 Å². The van der Waals surface area contributed by atoms with Crippen molar-refractivity contribution in [3.05, 3.63) is 35.4 Å². The van der Waals surface area contributed by atoms with Crippen LogP contribution in [0.15, 0.2) is 24.3 Å². The zero-order valence-electron chi connectivity index (χ0n) is 13.3. The third kappa shape index (κ3) is 3.54. The van der Waals surface area contributed by atoms with Gasteiger partial charge in [0.05, 0.1) is 16.7 Å². The summed E-state index contributed by atoms with van der Waals surface area (Å²) in [7, 11) is 0. The molecule has 6 nitrogen and oxygen atoms in total. The van der Waals surface area contributed by atoms with E-state index in [1.807, 2.05) is 13.8 Å². The molecule has 1 aliphatic rings. The molecule has 0 atom stereocenters. The zero-order chi connectivity index (χ0) is 16.3. The van der Waals surface area contributed by atoms with E-state index >= 15 is 0 Å². The van der Waals surface area contributed by atoms with Gasteiger partial charge in [-0.1, -0.05) is 26.0 Å². The second-order valence-electron chi connectivity index (χ2n) is 5.48. The van der Waals surface area contributed by atoms with Gasteiger partial charge >= 0.3 is 0 Å². The summed E-state index contributed by atoms with van der Waals surface area (Å²) in [4.78, 5) is 37.6. The molecular weight excluding hydrogens is 318 g/mol. The maximum Gasteiger partial charge on any atom is 0.262 e. The maximum absolute atomic E-state index is 12.2. The van der Waals surface area contributed by atoms with Crippen molar-refractivity contribution in [3.8, 4) is 0 Å². The summed E-state index contributed by atoms with van der Waals surface area (Å²) in [6.45, 7) is 3.92. The van der Waals surface area contributed by atoms with Gasteiger partial charge in [0, 0.05) is 6.54 Å². The number of hydrogen-bond acceptors (Lipinski definition) is 4. The predicted octanol–water partition coefficient (Wildman–Crippen LogP) is 1.34. The summed E-state index contributed by atoms with van der Waals surface area (Å²) in [6.07, 6.45) is 1.38. The van der Waals surface area contributed by atoms with Gasteiger partial charge in [0.1, 0.15) is 6.54 Å². The van der Waals surface area contributed by atoms with E-state index in [4.69, 9.17) is 5.73 Å². The van der Waals surface area contributed by atoms with E-state index in [0.717, 1.165) is 4.90 Å². The largest absolute Gasteiger partial charge is 0.348 e. The Morgan fingerprint density at radius 2 is 1.61 bits per heavy atom. The number of benzene rings is 1. The van der Waals surface area contributed by atoms with Crippen LogP contribution in [0.25, 0.3) is 0 Å². The monoisotopic (exact) mass is 339 g/mol. The number of halogens is 1. The number of amides is 3. The van der Waals surface area contributed by atoms with Gasteiger partial charge in [0.2, 0.25) is 5.91 Å². The summed E-state index contributed by atoms with van der Waals surface area (Å²) in [5.41, 5.74) is 5.94. The van der Waals surface area contributed by atoms with E-state index in [9.17, 15) is 14.4 Å². The van der Waals surface area contributed by atoms with Gasteiger partial charge in [-0.3, -0.25) is 19.3 Å². The summed E-state index contributed by atoms with van der Waals surface area (Å²) in [6, 6.07) is 6.58. The SMILES string of the molecule is CCC(CC)(CN)NC(=O)CN1C(=O)c2ccccc2C1=O.Cl. The summed E-state index contributed by atoms with van der Waals surface area (Å²) in [5, 5.41) is 2.86. The minimum absolute atomic E-state index is 0. The van der Waals surface area contributed by atoms with E-state index in [0.29, 0.717) is 30.5 Å². The minimum Gasteiger partial charge on any atom is -0.348 e. The number of nitrogens with two attached hydrogens (primary N) is 1. The fourth-order valence-corrected chi connectivity index (χ4v) is 2.63. The van der Waals surface area contributed by atoms with Gasteiger partial charge in [-0.15, -0.1) is 12.4 Å². The molecule has 0 spiro atoms. The highest BCUT2D eigenvalue weighted by Crippen LogP contribution is 2.22. The molecule has 1 aliphatic heterocycles. The van der Waals surface area contributed by atoms with Crippen LogP contribution in [0.2, 0.25) is 0 Å². The average Bonchev–Trinajstić information content (AvgIpc) is 2.78. The first-order valence-electron chi connectivity index (χ1n) is 7.44. The highest BCUT2D eigenvalue weighted by atomic mass is 35.5. The first kappa shape index (κ1) is 19.1. The van der Waals surface area contributed by atoms with Crippen molar-refractivity contribution in [1.82, 2.24) is 10.2 Å². The lowest BCUT2D eigenvalue weighted by molar-refractivity contribution is -0.123. The van der Waals surface area contributed by atoms with Gasteiger partial charge in [-0.2, -0.15) is 0 Å². The number of nitrogens with one attached hydrogen (secondary N) is 1. The Morgan fingerprint density at radius 1 is 1.13 bits per heavy atom. The number of rotatable bonds is 6. The van der Waals surface area contributed by atoms with Crippen molar-refractivity contribution in [2.24, 2.45) is 5.73 Å². The molecule has 126 valence electrons. The average molecular weight is 340 g/mol. The minimum atomic E-state index is -0.490. The lowest BCUT2D eigenvalue weighted by atomic mass is 9.93. The Hall–Kier alpha value is -1.92. The van der Waals surface area contributed by atoms with Crippen LogP contribution in [0, 0.1) is 0 Å². The Labute approximate surface area is 141 Å². The molecule has 0 saturated heterocycles. The summed E-state index contributed by atoms with van der Waals surface area (Å²) < 4.78 is 0. The molecular formula is C16H22ClN3O3. The second kappa shape index (κ2) is 7.57. The molecule has 7 heteroatoms. The smallest absolute Gasteiger partial charge is 0.262 e. The molecule has 0 aliphatic carbocycles. The van der Waals surface area contributed by atoms with Gasteiger partial charge < -0.3 is 11.1 Å². The standard InChI is InChI=1S/C16H21N3O3.ClH/c1-3-16(4-2,10-17)18-13(20)9-19-14(21)11-7-5-6-8-12(11)15(19)22;/h5-8H,3-4,9-10,17H2,1-2H3,(H,18,20);1H. The Kier molecular flexibility index (Phi) is 6.29. The molecule has 1 aromatic rings. The van der Waals surface area contributed by atoms with Crippen LogP contribution < -0.4 is 11.1 Å². The molecule has 3 amide bonds. The van der Waals surface area contributed by atoms with Crippen LogP contribution >= 0.6 is 12.4 Å². The van der Waals surface area contributed by atoms with E-state index in [1.165, 1.54) is 0 Å². The highest BCUT2D eigenvalue weighted by Gasteiger charge is 2.37. The van der Waals surface area contributed by atoms with Gasteiger partial charge in [-0.05, 0) is 25.0 Å². The Morgan fingerprint density at radius 3 is 2.00 bits per heavy atom. The van der Waals surface area contributed by atoms with Crippen molar-refractivity contribution in [3.63, 3.8) is 0 Å². The van der Waals surface area contributed by atoms with Crippen LogP contribution in [0.5, 0.6) is 0 Å². The second-order valence-corrected chi connectivity index (χ2v) is 5.48. The maximum atomic E-state index is 12.2.